The molecule has 156 valence electrons. The van der Waals surface area contributed by atoms with Gasteiger partial charge in [-0.2, -0.15) is 4.98 Å². The molecule has 0 aliphatic carbocycles. The Balaban J connectivity index is 1.25. The molecule has 0 saturated carbocycles. The lowest BCUT2D eigenvalue weighted by Crippen LogP contribution is -2.08. The maximum Gasteiger partial charge on any atom is 0.231 e. The Bertz CT molecular complexity index is 945. The third-order valence-corrected chi connectivity index (χ3v) is 5.41. The van der Waals surface area contributed by atoms with Crippen molar-refractivity contribution in [2.45, 2.75) is 38.5 Å². The van der Waals surface area contributed by atoms with Gasteiger partial charge in [0.25, 0.3) is 0 Å². The molecule has 0 bridgehead atoms. The maximum absolute atomic E-state index is 5.51. The van der Waals surface area contributed by atoms with Crippen molar-refractivity contribution < 1.29 is 9.36 Å². The van der Waals surface area contributed by atoms with Crippen LogP contribution in [0, 0.1) is 0 Å². The Morgan fingerprint density at radius 1 is 1.13 bits per heavy atom. The molecule has 4 rings (SSSR count). The van der Waals surface area contributed by atoms with Gasteiger partial charge in [0.05, 0.1) is 11.6 Å². The second-order valence-corrected chi connectivity index (χ2v) is 7.68. The number of aryl methyl sites for hydroxylation is 1. The summed E-state index contributed by atoms with van der Waals surface area (Å²) in [7, 11) is 0. The van der Waals surface area contributed by atoms with Crippen LogP contribution in [0.1, 0.15) is 49.1 Å². The van der Waals surface area contributed by atoms with Crippen LogP contribution in [-0.2, 0) is 11.3 Å². The summed E-state index contributed by atoms with van der Waals surface area (Å²) in [4.78, 5) is 10.1. The number of benzene rings is 2. The quantitative estimate of drug-likeness (QED) is 0.321. The third kappa shape index (κ3) is 5.33. The van der Waals surface area contributed by atoms with E-state index in [9.17, 15) is 0 Å². The van der Waals surface area contributed by atoms with Crippen LogP contribution in [0.3, 0.4) is 0 Å². The van der Waals surface area contributed by atoms with Crippen molar-refractivity contribution in [1.29, 1.82) is 0 Å². The van der Waals surface area contributed by atoms with E-state index in [1.54, 1.807) is 0 Å². The number of rotatable bonds is 9. The third-order valence-electron chi connectivity index (χ3n) is 5.41. The second kappa shape index (κ2) is 10.2. The van der Waals surface area contributed by atoms with Gasteiger partial charge in [0, 0.05) is 12.1 Å². The fourth-order valence-electron chi connectivity index (χ4n) is 3.58. The normalized spacial score (nSPS) is 16.7. The predicted molar refractivity (Wildman–Crippen MR) is 118 cm³/mol. The Morgan fingerprint density at radius 2 is 1.97 bits per heavy atom. The summed E-state index contributed by atoms with van der Waals surface area (Å²) in [5.41, 5.74) is 4.18. The van der Waals surface area contributed by atoms with Gasteiger partial charge in [-0.05, 0) is 50.3 Å². The monoisotopic (exact) mass is 404 g/mol. The lowest BCUT2D eigenvalue weighted by atomic mass is 10.1. The predicted octanol–water partition coefficient (Wildman–Crippen LogP) is 4.58. The van der Waals surface area contributed by atoms with Crippen molar-refractivity contribution >= 4 is 5.71 Å². The second-order valence-electron chi connectivity index (χ2n) is 7.68. The number of nitrogens with zero attached hydrogens (tertiary/aromatic N) is 3. The van der Waals surface area contributed by atoms with E-state index in [-0.39, 0.29) is 0 Å². The molecule has 1 fully saturated rings. The highest BCUT2D eigenvalue weighted by atomic mass is 16.6. The largest absolute Gasteiger partial charge is 0.396 e. The van der Waals surface area contributed by atoms with Gasteiger partial charge in [0.1, 0.15) is 6.61 Å². The molecule has 1 aromatic heterocycles. The van der Waals surface area contributed by atoms with E-state index >= 15 is 0 Å². The van der Waals surface area contributed by atoms with Crippen molar-refractivity contribution in [3.05, 3.63) is 71.6 Å². The number of hydrogen-bond acceptors (Lipinski definition) is 6. The fourth-order valence-corrected chi connectivity index (χ4v) is 3.58. The van der Waals surface area contributed by atoms with Gasteiger partial charge >= 0.3 is 0 Å². The van der Waals surface area contributed by atoms with Crippen LogP contribution in [-0.4, -0.2) is 35.5 Å². The average molecular weight is 405 g/mol. The van der Waals surface area contributed by atoms with Crippen LogP contribution in [0.25, 0.3) is 11.4 Å². The van der Waals surface area contributed by atoms with Crippen molar-refractivity contribution in [3.63, 3.8) is 0 Å². The Morgan fingerprint density at radius 3 is 2.73 bits per heavy atom. The molecule has 1 aliphatic rings. The van der Waals surface area contributed by atoms with E-state index < -0.39 is 0 Å². The summed E-state index contributed by atoms with van der Waals surface area (Å²) in [6, 6.07) is 18.5. The van der Waals surface area contributed by atoms with E-state index in [0.29, 0.717) is 18.3 Å². The Labute approximate surface area is 177 Å². The number of aromatic nitrogens is 2. The van der Waals surface area contributed by atoms with E-state index in [0.717, 1.165) is 61.5 Å². The molecule has 1 atom stereocenters. The SMILES string of the molecule is CC(=NOCCCCc1ccccc1)c1ccc(-c2noc([C@@H]3CCNC3)n2)cc1. The molecule has 6 heteroatoms. The molecule has 1 saturated heterocycles. The number of nitrogens with one attached hydrogen (secondary N) is 1. The summed E-state index contributed by atoms with van der Waals surface area (Å²) in [6.45, 7) is 4.50. The molecule has 0 radical (unpaired) electrons. The molecule has 6 nitrogen and oxygen atoms in total. The summed E-state index contributed by atoms with van der Waals surface area (Å²) in [5, 5.41) is 11.7. The summed E-state index contributed by atoms with van der Waals surface area (Å²) in [6.07, 6.45) is 4.20. The molecular weight excluding hydrogens is 376 g/mol. The zero-order chi connectivity index (χ0) is 20.6. The lowest BCUT2D eigenvalue weighted by molar-refractivity contribution is 0.140. The molecule has 2 heterocycles. The molecule has 30 heavy (non-hydrogen) atoms. The van der Waals surface area contributed by atoms with Crippen LogP contribution in [0.4, 0.5) is 0 Å². The van der Waals surface area contributed by atoms with Crippen molar-refractivity contribution in [2.75, 3.05) is 19.7 Å². The average Bonchev–Trinajstić information content (AvgIpc) is 3.49. The highest BCUT2D eigenvalue weighted by molar-refractivity contribution is 5.98. The molecular formula is C24H28N4O2. The summed E-state index contributed by atoms with van der Waals surface area (Å²) < 4.78 is 5.45. The van der Waals surface area contributed by atoms with Gasteiger partial charge in [0.15, 0.2) is 0 Å². The maximum atomic E-state index is 5.51. The van der Waals surface area contributed by atoms with Crippen LogP contribution < -0.4 is 5.32 Å². The van der Waals surface area contributed by atoms with Crippen LogP contribution in [0.5, 0.6) is 0 Å². The molecule has 0 unspecified atom stereocenters. The number of hydrogen-bond donors (Lipinski definition) is 1. The highest BCUT2D eigenvalue weighted by Gasteiger charge is 2.23. The minimum absolute atomic E-state index is 0.324. The zero-order valence-electron chi connectivity index (χ0n) is 17.4. The molecule has 0 spiro atoms. The van der Waals surface area contributed by atoms with Crippen LogP contribution in [0.15, 0.2) is 64.3 Å². The van der Waals surface area contributed by atoms with E-state index in [4.69, 9.17) is 9.36 Å². The van der Waals surface area contributed by atoms with Crippen LogP contribution >= 0.6 is 0 Å². The zero-order valence-corrected chi connectivity index (χ0v) is 17.4. The highest BCUT2D eigenvalue weighted by Crippen LogP contribution is 2.24. The number of unbranched alkanes of at least 4 members (excludes halogenated alkanes) is 1. The standard InChI is InChI=1S/C24H28N4O2/c1-18(27-29-16-6-5-9-19-7-3-2-4-8-19)20-10-12-21(13-11-20)23-26-24(30-28-23)22-14-15-25-17-22/h2-4,7-8,10-13,22,25H,5-6,9,14-17H2,1H3/t22-/m1/s1. The first-order valence-electron chi connectivity index (χ1n) is 10.7. The van der Waals surface area contributed by atoms with Gasteiger partial charge in [-0.3, -0.25) is 0 Å². The molecule has 1 aliphatic heterocycles. The minimum atomic E-state index is 0.324. The van der Waals surface area contributed by atoms with E-state index in [2.05, 4.69) is 44.9 Å². The smallest absolute Gasteiger partial charge is 0.231 e. The molecule has 1 N–H and O–H groups in total. The van der Waals surface area contributed by atoms with Gasteiger partial charge in [-0.15, -0.1) is 0 Å². The first-order valence-corrected chi connectivity index (χ1v) is 10.7. The first kappa shape index (κ1) is 20.3. The molecule has 0 amide bonds. The van der Waals surface area contributed by atoms with Crippen molar-refractivity contribution in [2.24, 2.45) is 5.16 Å². The van der Waals surface area contributed by atoms with Gasteiger partial charge in [-0.1, -0.05) is 64.9 Å². The topological polar surface area (TPSA) is 72.5 Å². The summed E-state index contributed by atoms with van der Waals surface area (Å²) in [5.74, 6) is 1.68. The van der Waals surface area contributed by atoms with Gasteiger partial charge in [0.2, 0.25) is 11.7 Å². The van der Waals surface area contributed by atoms with Gasteiger partial charge < -0.3 is 14.7 Å². The fraction of sp³-hybridized carbons (Fsp3) is 0.375. The number of oxime groups is 1. The van der Waals surface area contributed by atoms with Crippen molar-refractivity contribution in [1.82, 2.24) is 15.5 Å². The summed E-state index contributed by atoms with van der Waals surface area (Å²) >= 11 is 0. The molecule has 3 aromatic rings. The Hall–Kier alpha value is -2.99. The lowest BCUT2D eigenvalue weighted by Gasteiger charge is -2.04. The van der Waals surface area contributed by atoms with E-state index in [1.165, 1.54) is 5.56 Å². The van der Waals surface area contributed by atoms with Crippen LogP contribution in [0.2, 0.25) is 0 Å². The van der Waals surface area contributed by atoms with E-state index in [1.807, 2.05) is 37.3 Å². The van der Waals surface area contributed by atoms with Crippen molar-refractivity contribution in [3.8, 4) is 11.4 Å². The minimum Gasteiger partial charge on any atom is -0.396 e. The van der Waals surface area contributed by atoms with Gasteiger partial charge in [-0.25, -0.2) is 0 Å². The molecule has 2 aromatic carbocycles. The Kier molecular flexibility index (Phi) is 6.87. The first-order chi connectivity index (χ1) is 14.8.